The van der Waals surface area contributed by atoms with Crippen molar-refractivity contribution in [1.29, 1.82) is 0 Å². The normalized spacial score (nSPS) is 32.1. The third kappa shape index (κ3) is 3.59. The molecule has 35 heavy (non-hydrogen) atoms. The van der Waals surface area contributed by atoms with Crippen molar-refractivity contribution < 1.29 is 39.7 Å². The van der Waals surface area contributed by atoms with Crippen molar-refractivity contribution >= 4 is 30.1 Å². The molecule has 0 radical (unpaired) electrons. The van der Waals surface area contributed by atoms with Crippen LogP contribution in [0.4, 0.5) is 5.69 Å². The molecule has 6 atom stereocenters. The molecule has 2 aromatic carbocycles. The van der Waals surface area contributed by atoms with Crippen molar-refractivity contribution in [1.82, 2.24) is 0 Å². The number of aliphatic hydroxyl groups is 2. The maximum absolute atomic E-state index is 13.6. The van der Waals surface area contributed by atoms with E-state index in [1.807, 2.05) is 0 Å². The van der Waals surface area contributed by atoms with Gasteiger partial charge in [0.2, 0.25) is 11.8 Å². The first-order valence-corrected chi connectivity index (χ1v) is 11.7. The summed E-state index contributed by atoms with van der Waals surface area (Å²) in [6.07, 6.45) is -0.238. The number of phenolic OH excluding ortho intramolecular Hbond substituents is 1. The summed E-state index contributed by atoms with van der Waals surface area (Å²) >= 11 is 0. The number of ether oxygens (including phenoxy) is 1. The Kier molecular flexibility index (Phi) is 5.77. The number of benzene rings is 2. The molecule has 0 bridgehead atoms. The van der Waals surface area contributed by atoms with Crippen LogP contribution < -0.4 is 10.4 Å². The van der Waals surface area contributed by atoms with Crippen LogP contribution in [0.2, 0.25) is 0 Å². The fourth-order valence-electron chi connectivity index (χ4n) is 6.15. The highest BCUT2D eigenvalue weighted by molar-refractivity contribution is 6.58. The van der Waals surface area contributed by atoms with E-state index in [0.29, 0.717) is 11.1 Å². The zero-order valence-corrected chi connectivity index (χ0v) is 19.5. The predicted octanol–water partition coefficient (Wildman–Crippen LogP) is 0.273. The summed E-state index contributed by atoms with van der Waals surface area (Å²) in [6.45, 7) is 3.12. The number of anilines is 1. The van der Waals surface area contributed by atoms with Crippen molar-refractivity contribution in [3.63, 3.8) is 0 Å². The van der Waals surface area contributed by atoms with Gasteiger partial charge in [-0.05, 0) is 73.1 Å². The van der Waals surface area contributed by atoms with Gasteiger partial charge in [0.15, 0.2) is 5.79 Å². The minimum atomic E-state index is -1.80. The minimum Gasteiger partial charge on any atom is -0.507 e. The summed E-state index contributed by atoms with van der Waals surface area (Å²) in [6, 6.07) is 9.49. The smallest absolute Gasteiger partial charge is 0.488 e. The van der Waals surface area contributed by atoms with Crippen molar-refractivity contribution in [2.75, 3.05) is 11.5 Å². The zero-order chi connectivity index (χ0) is 25.2. The largest absolute Gasteiger partial charge is 0.507 e. The molecule has 1 aliphatic carbocycles. The average molecular weight is 481 g/mol. The SMILES string of the molecule is Cc1cc([C@@H]2C[C@H]3[C@H]4C(=O)N(c5cccc(B(O)O)c5)C(=O)[C@H]4C[C@H](CO)[C@@]3(O)O2)cc(C)c1O. The van der Waals surface area contributed by atoms with Gasteiger partial charge in [-0.25, -0.2) is 0 Å². The second-order valence-electron chi connectivity index (χ2n) is 9.93. The van der Waals surface area contributed by atoms with Crippen LogP contribution in [0.15, 0.2) is 36.4 Å². The van der Waals surface area contributed by atoms with E-state index in [4.69, 9.17) is 4.74 Å². The number of rotatable bonds is 4. The van der Waals surface area contributed by atoms with E-state index in [-0.39, 0.29) is 29.7 Å². The lowest BCUT2D eigenvalue weighted by Gasteiger charge is -2.44. The van der Waals surface area contributed by atoms with Gasteiger partial charge in [-0.1, -0.05) is 12.1 Å². The van der Waals surface area contributed by atoms with Gasteiger partial charge in [-0.3, -0.25) is 14.5 Å². The Morgan fingerprint density at radius 3 is 2.40 bits per heavy atom. The van der Waals surface area contributed by atoms with Crippen LogP contribution in [0.5, 0.6) is 5.75 Å². The number of aryl methyl sites for hydroxylation is 2. The fourth-order valence-corrected chi connectivity index (χ4v) is 6.15. The first-order chi connectivity index (χ1) is 16.6. The lowest BCUT2D eigenvalue weighted by Crippen LogP contribution is -2.54. The zero-order valence-electron chi connectivity index (χ0n) is 19.5. The van der Waals surface area contributed by atoms with Gasteiger partial charge < -0.3 is 30.1 Å². The number of fused-ring (bicyclic) bond motifs is 3. The Morgan fingerprint density at radius 2 is 1.77 bits per heavy atom. The number of aromatic hydroxyl groups is 1. The summed E-state index contributed by atoms with van der Waals surface area (Å²) in [5, 5.41) is 50.9. The van der Waals surface area contributed by atoms with E-state index in [1.54, 1.807) is 32.0 Å². The van der Waals surface area contributed by atoms with E-state index in [9.17, 15) is 35.0 Å². The van der Waals surface area contributed by atoms with E-state index in [2.05, 4.69) is 0 Å². The topological polar surface area (TPSA) is 148 Å². The maximum Gasteiger partial charge on any atom is 0.488 e. The Balaban J connectivity index is 1.52. The highest BCUT2D eigenvalue weighted by Gasteiger charge is 2.66. The average Bonchev–Trinajstić information content (AvgIpc) is 3.30. The van der Waals surface area contributed by atoms with Gasteiger partial charge in [0.25, 0.3) is 0 Å². The standard InChI is InChI=1S/C25H28BNO8/c1-12-6-14(7-13(2)22(12)29)20-10-19-21-18(8-15(11-28)25(19,32)35-20)23(30)27(24(21)31)17-5-3-4-16(9-17)26(33)34/h3-7,9,15,18-21,28-29,32-34H,8,10-11H2,1-2H3/t15-,18+,19+,20+,21+,25-/m1/s1. The number of nitrogens with zero attached hydrogens (tertiary/aromatic N) is 1. The number of phenols is 1. The van der Waals surface area contributed by atoms with Gasteiger partial charge in [0, 0.05) is 11.8 Å². The molecule has 0 aromatic heterocycles. The Labute approximate surface area is 202 Å². The molecule has 10 heteroatoms. The summed E-state index contributed by atoms with van der Waals surface area (Å²) < 4.78 is 6.14. The molecular formula is C25H28BNO8. The van der Waals surface area contributed by atoms with Crippen molar-refractivity contribution in [3.8, 4) is 5.75 Å². The molecular weight excluding hydrogens is 453 g/mol. The number of imide groups is 1. The third-order valence-electron chi connectivity index (χ3n) is 7.90. The second-order valence-corrected chi connectivity index (χ2v) is 9.93. The highest BCUT2D eigenvalue weighted by Crippen LogP contribution is 2.58. The van der Waals surface area contributed by atoms with Crippen molar-refractivity contribution in [2.24, 2.45) is 23.7 Å². The van der Waals surface area contributed by atoms with Crippen LogP contribution in [-0.4, -0.2) is 56.7 Å². The second kappa shape index (κ2) is 8.42. The summed E-state index contributed by atoms with van der Waals surface area (Å²) in [4.78, 5) is 28.1. The quantitative estimate of drug-likeness (QED) is 0.309. The lowest BCUT2D eigenvalue weighted by atomic mass is 9.64. The van der Waals surface area contributed by atoms with E-state index in [0.717, 1.165) is 10.5 Å². The van der Waals surface area contributed by atoms with Crippen molar-refractivity contribution in [2.45, 2.75) is 38.6 Å². The van der Waals surface area contributed by atoms with Gasteiger partial charge in [0.05, 0.1) is 30.2 Å². The predicted molar refractivity (Wildman–Crippen MR) is 125 cm³/mol. The molecule has 0 unspecified atom stereocenters. The molecule has 0 spiro atoms. The number of aliphatic hydroxyl groups excluding tert-OH is 1. The number of amides is 2. The van der Waals surface area contributed by atoms with Crippen molar-refractivity contribution in [3.05, 3.63) is 53.1 Å². The first kappa shape index (κ1) is 24.0. The molecule has 1 saturated carbocycles. The molecule has 9 nitrogen and oxygen atoms in total. The van der Waals surface area contributed by atoms with E-state index < -0.39 is 61.1 Å². The first-order valence-electron chi connectivity index (χ1n) is 11.7. The van der Waals surface area contributed by atoms with Crippen LogP contribution in [-0.2, 0) is 14.3 Å². The molecule has 184 valence electrons. The van der Waals surface area contributed by atoms with Crippen LogP contribution >= 0.6 is 0 Å². The molecule has 5 rings (SSSR count). The summed E-state index contributed by atoms with van der Waals surface area (Å²) in [7, 11) is -1.75. The number of hydrogen-bond acceptors (Lipinski definition) is 8. The van der Waals surface area contributed by atoms with E-state index in [1.165, 1.54) is 18.2 Å². The minimum absolute atomic E-state index is 0.0813. The maximum atomic E-state index is 13.6. The Hall–Kier alpha value is -2.76. The summed E-state index contributed by atoms with van der Waals surface area (Å²) in [5.74, 6) is -5.61. The molecule has 2 heterocycles. The number of hydrogen-bond donors (Lipinski definition) is 5. The highest BCUT2D eigenvalue weighted by atomic mass is 16.6. The van der Waals surface area contributed by atoms with Gasteiger partial charge in [-0.15, -0.1) is 0 Å². The molecule has 2 aromatic rings. The lowest BCUT2D eigenvalue weighted by molar-refractivity contribution is -0.274. The van der Waals surface area contributed by atoms with Gasteiger partial charge >= 0.3 is 7.12 Å². The van der Waals surface area contributed by atoms with Crippen LogP contribution in [0.1, 0.15) is 35.6 Å². The van der Waals surface area contributed by atoms with Gasteiger partial charge in [-0.2, -0.15) is 0 Å². The fraction of sp³-hybridized carbons (Fsp3) is 0.440. The molecule has 2 saturated heterocycles. The molecule has 3 aliphatic rings. The summed E-state index contributed by atoms with van der Waals surface area (Å²) in [5.41, 5.74) is 2.43. The third-order valence-corrected chi connectivity index (χ3v) is 7.90. The monoisotopic (exact) mass is 481 g/mol. The molecule has 2 aliphatic heterocycles. The van der Waals surface area contributed by atoms with Crippen LogP contribution in [0.3, 0.4) is 0 Å². The molecule has 2 amide bonds. The Morgan fingerprint density at radius 1 is 1.09 bits per heavy atom. The number of carbonyl (C=O) groups is 2. The van der Waals surface area contributed by atoms with E-state index >= 15 is 0 Å². The molecule has 3 fully saturated rings. The van der Waals surface area contributed by atoms with Crippen LogP contribution in [0.25, 0.3) is 0 Å². The number of carbonyl (C=O) groups excluding carboxylic acids is 2. The van der Waals surface area contributed by atoms with Crippen LogP contribution in [0, 0.1) is 37.5 Å². The van der Waals surface area contributed by atoms with Gasteiger partial charge in [0.1, 0.15) is 5.75 Å². The molecule has 5 N–H and O–H groups in total. The Bertz CT molecular complexity index is 1180.